The predicted octanol–water partition coefficient (Wildman–Crippen LogP) is 3.75. The molecule has 0 spiro atoms. The molecular weight excluding hydrogens is 394 g/mol. The molecule has 166 valence electrons. The van der Waals surface area contributed by atoms with Gasteiger partial charge in [-0.2, -0.15) is 10.2 Å². The molecule has 1 amide bonds. The summed E-state index contributed by atoms with van der Waals surface area (Å²) in [5.74, 6) is 0.833. The van der Waals surface area contributed by atoms with Gasteiger partial charge in [-0.25, -0.2) is 14.4 Å². The summed E-state index contributed by atoms with van der Waals surface area (Å²) in [7, 11) is 0. The maximum absolute atomic E-state index is 11.6. The fraction of sp³-hybridized carbons (Fsp3) is 0.591. The van der Waals surface area contributed by atoms with Crippen molar-refractivity contribution in [2.45, 2.75) is 82.7 Å². The van der Waals surface area contributed by atoms with Crippen molar-refractivity contribution in [1.82, 2.24) is 19.6 Å². The van der Waals surface area contributed by atoms with E-state index in [9.17, 15) is 9.59 Å². The Morgan fingerprint density at radius 3 is 2.06 bits per heavy atom. The summed E-state index contributed by atoms with van der Waals surface area (Å²) in [5, 5.41) is 8.51. The van der Waals surface area contributed by atoms with Crippen molar-refractivity contribution in [3.63, 3.8) is 0 Å². The number of Topliss-reactive ketones (excluding diaryl/α,β-unsaturated/α-hetero) is 1. The molecule has 2 saturated carbocycles. The Bertz CT molecular complexity index is 963. The normalized spacial score (nSPS) is 19.5. The van der Waals surface area contributed by atoms with Crippen molar-refractivity contribution >= 4 is 29.5 Å². The first-order valence-corrected chi connectivity index (χ1v) is 11.3. The van der Waals surface area contributed by atoms with Crippen LogP contribution in [0.25, 0.3) is 0 Å². The molecule has 2 aliphatic carbocycles. The van der Waals surface area contributed by atoms with Gasteiger partial charge in [-0.15, -0.1) is 0 Å². The van der Waals surface area contributed by atoms with Crippen molar-refractivity contribution in [1.29, 1.82) is 0 Å². The van der Waals surface area contributed by atoms with Gasteiger partial charge < -0.3 is 11.5 Å². The maximum atomic E-state index is 11.6. The number of aromatic nitrogens is 4. The van der Waals surface area contributed by atoms with Crippen molar-refractivity contribution in [2.75, 3.05) is 5.73 Å². The highest BCUT2D eigenvalue weighted by Crippen LogP contribution is 2.34. The summed E-state index contributed by atoms with van der Waals surface area (Å²) in [6.07, 6.45) is 17.3. The van der Waals surface area contributed by atoms with Crippen LogP contribution < -0.4 is 11.5 Å². The number of nitrogens with two attached hydrogens (primary N) is 2. The van der Waals surface area contributed by atoms with Crippen LogP contribution in [0.2, 0.25) is 0 Å². The number of primary amides is 1. The molecule has 0 aromatic carbocycles. The Balaban J connectivity index is 0.000000150. The van der Waals surface area contributed by atoms with Gasteiger partial charge in [-0.05, 0) is 25.7 Å². The molecular formula is C22H31N7O2. The van der Waals surface area contributed by atoms with Crippen LogP contribution in [0, 0.1) is 0 Å². The van der Waals surface area contributed by atoms with E-state index in [0.29, 0.717) is 35.4 Å². The highest BCUT2D eigenvalue weighted by molar-refractivity contribution is 6.09. The quantitative estimate of drug-likeness (QED) is 0.772. The van der Waals surface area contributed by atoms with Gasteiger partial charge in [0.1, 0.15) is 11.4 Å². The molecule has 0 saturated heterocycles. The fourth-order valence-electron chi connectivity index (χ4n) is 4.78. The monoisotopic (exact) mass is 425 g/mol. The number of rotatable bonds is 3. The molecule has 0 radical (unpaired) electrons. The summed E-state index contributed by atoms with van der Waals surface area (Å²) in [4.78, 5) is 27.0. The first-order valence-electron chi connectivity index (χ1n) is 11.3. The van der Waals surface area contributed by atoms with Crippen molar-refractivity contribution < 1.29 is 9.59 Å². The van der Waals surface area contributed by atoms with Crippen LogP contribution in [-0.4, -0.2) is 37.5 Å². The molecule has 2 fully saturated rings. The molecule has 9 nitrogen and oxygen atoms in total. The third-order valence-corrected chi connectivity index (χ3v) is 6.50. The van der Waals surface area contributed by atoms with E-state index in [2.05, 4.69) is 15.2 Å². The van der Waals surface area contributed by atoms with Gasteiger partial charge in [-0.3, -0.25) is 9.59 Å². The van der Waals surface area contributed by atoms with Crippen LogP contribution >= 0.6 is 0 Å². The Labute approximate surface area is 181 Å². The molecule has 4 N–H and O–H groups in total. The van der Waals surface area contributed by atoms with Crippen molar-refractivity contribution in [3.8, 4) is 0 Å². The van der Waals surface area contributed by atoms with E-state index in [1.807, 2.05) is 4.68 Å². The molecule has 0 bridgehead atoms. The fourth-order valence-corrected chi connectivity index (χ4v) is 4.78. The molecule has 5 rings (SSSR count). The number of hydrogen-bond acceptors (Lipinski definition) is 6. The van der Waals surface area contributed by atoms with Gasteiger partial charge in [0, 0.05) is 12.6 Å². The second kappa shape index (κ2) is 9.45. The molecule has 31 heavy (non-hydrogen) atoms. The second-order valence-electron chi connectivity index (χ2n) is 8.60. The number of anilines is 1. The molecule has 3 aliphatic rings. The molecule has 0 unspecified atom stereocenters. The van der Waals surface area contributed by atoms with E-state index in [1.54, 1.807) is 17.1 Å². The zero-order valence-corrected chi connectivity index (χ0v) is 17.9. The van der Waals surface area contributed by atoms with Gasteiger partial charge in [0.05, 0.1) is 30.0 Å². The summed E-state index contributed by atoms with van der Waals surface area (Å²) in [6.45, 7) is 0. The molecule has 2 aromatic rings. The predicted molar refractivity (Wildman–Crippen MR) is 119 cm³/mol. The number of nitrogen functional groups attached to an aromatic ring is 1. The largest absolute Gasteiger partial charge is 0.383 e. The Hall–Kier alpha value is -2.97. The number of fused-ring (bicyclic) bond motifs is 1. The lowest BCUT2D eigenvalue weighted by Gasteiger charge is -2.23. The van der Waals surface area contributed by atoms with Crippen LogP contribution in [0.3, 0.4) is 0 Å². The van der Waals surface area contributed by atoms with Gasteiger partial charge in [0.15, 0.2) is 11.6 Å². The van der Waals surface area contributed by atoms with E-state index >= 15 is 0 Å². The van der Waals surface area contributed by atoms with E-state index in [4.69, 9.17) is 11.5 Å². The van der Waals surface area contributed by atoms with Gasteiger partial charge >= 0.3 is 0 Å². The van der Waals surface area contributed by atoms with Crippen LogP contribution in [0.4, 0.5) is 11.6 Å². The number of aliphatic imine (C=N–C) groups is 1. The zero-order chi connectivity index (χ0) is 21.8. The van der Waals surface area contributed by atoms with Gasteiger partial charge in [-0.1, -0.05) is 38.5 Å². The second-order valence-corrected chi connectivity index (χ2v) is 8.60. The first-order chi connectivity index (χ1) is 15.1. The summed E-state index contributed by atoms with van der Waals surface area (Å²) in [6, 6.07) is 0.785. The van der Waals surface area contributed by atoms with E-state index < -0.39 is 5.91 Å². The number of carbonyl (C=O) groups is 2. The minimum atomic E-state index is -0.505. The zero-order valence-electron chi connectivity index (χ0n) is 17.9. The highest BCUT2D eigenvalue weighted by atomic mass is 16.1. The summed E-state index contributed by atoms with van der Waals surface area (Å²) < 4.78 is 3.71. The lowest BCUT2D eigenvalue weighted by molar-refractivity contribution is 0.0992. The Morgan fingerprint density at radius 1 is 0.903 bits per heavy atom. The Morgan fingerprint density at radius 2 is 1.48 bits per heavy atom. The van der Waals surface area contributed by atoms with Crippen LogP contribution in [0.1, 0.15) is 103 Å². The number of ketones is 1. The highest BCUT2D eigenvalue weighted by Gasteiger charge is 2.25. The third kappa shape index (κ3) is 4.55. The van der Waals surface area contributed by atoms with Gasteiger partial charge in [0.2, 0.25) is 0 Å². The van der Waals surface area contributed by atoms with Crippen molar-refractivity contribution in [3.05, 3.63) is 23.5 Å². The number of hydrogen-bond donors (Lipinski definition) is 2. The Kier molecular flexibility index (Phi) is 6.48. The van der Waals surface area contributed by atoms with Crippen molar-refractivity contribution in [2.24, 2.45) is 10.7 Å². The summed E-state index contributed by atoms with van der Waals surface area (Å²) >= 11 is 0. The van der Waals surface area contributed by atoms with Crippen LogP contribution in [-0.2, 0) is 0 Å². The van der Waals surface area contributed by atoms with E-state index in [-0.39, 0.29) is 5.78 Å². The summed E-state index contributed by atoms with van der Waals surface area (Å²) in [5.41, 5.74) is 12.1. The molecule has 2 aromatic heterocycles. The lowest BCUT2D eigenvalue weighted by Crippen LogP contribution is -2.18. The number of carbonyl (C=O) groups excluding carboxylic acids is 2. The van der Waals surface area contributed by atoms with E-state index in [1.165, 1.54) is 44.7 Å². The lowest BCUT2D eigenvalue weighted by atomic mass is 9.95. The number of amides is 1. The average Bonchev–Trinajstić information content (AvgIpc) is 3.40. The third-order valence-electron chi connectivity index (χ3n) is 6.50. The number of nitrogens with zero attached hydrogens (tertiary/aromatic N) is 5. The SMILES string of the molecule is NC(=O)c1cnn(C2CCCCC2)c1N.O=C1CC=Nc2c1cnn2C1CCCCC1. The van der Waals surface area contributed by atoms with Gasteiger partial charge in [0.25, 0.3) is 5.91 Å². The average molecular weight is 426 g/mol. The molecule has 0 atom stereocenters. The van der Waals surface area contributed by atoms with E-state index in [0.717, 1.165) is 31.5 Å². The minimum Gasteiger partial charge on any atom is -0.383 e. The first kappa shape index (κ1) is 21.3. The smallest absolute Gasteiger partial charge is 0.254 e. The minimum absolute atomic E-state index is 0.145. The van der Waals surface area contributed by atoms with Crippen LogP contribution in [0.5, 0.6) is 0 Å². The topological polar surface area (TPSA) is 134 Å². The molecule has 3 heterocycles. The standard InChI is InChI=1S/C12H15N3O.C10H16N4O/c16-11-6-7-13-12-10(11)8-14-15(12)9-4-2-1-3-5-9;11-9-8(10(12)15)6-13-14(9)7-4-2-1-3-5-7/h7-9H,1-6H2;6-7H,1-5,11H2,(H2,12,15). The van der Waals surface area contributed by atoms with Crippen LogP contribution in [0.15, 0.2) is 17.4 Å². The maximum Gasteiger partial charge on any atom is 0.254 e. The molecule has 9 heteroatoms. The molecule has 1 aliphatic heterocycles.